The van der Waals surface area contributed by atoms with Crippen LogP contribution < -0.4 is 15.4 Å². The zero-order valence-electron chi connectivity index (χ0n) is 15.0. The number of methoxy groups -OCH3 is 1. The van der Waals surface area contributed by atoms with E-state index in [0.29, 0.717) is 17.4 Å². The number of hydrogen-bond acceptors (Lipinski definition) is 6. The molecule has 1 aliphatic heterocycles. The third-order valence-electron chi connectivity index (χ3n) is 3.88. The molecule has 1 aromatic heterocycles. The molecule has 9 heteroatoms. The lowest BCUT2D eigenvalue weighted by Crippen LogP contribution is -2.25. The fraction of sp³-hybridized carbons (Fsp3) is 0.211. The van der Waals surface area contributed by atoms with Crippen LogP contribution in [0.25, 0.3) is 0 Å². The summed E-state index contributed by atoms with van der Waals surface area (Å²) in [5, 5.41) is 7.60. The number of benzene rings is 1. The van der Waals surface area contributed by atoms with E-state index in [0.717, 1.165) is 11.3 Å². The van der Waals surface area contributed by atoms with Crippen LogP contribution in [-0.2, 0) is 27.3 Å². The van der Waals surface area contributed by atoms with Crippen molar-refractivity contribution < 1.29 is 19.1 Å². The van der Waals surface area contributed by atoms with Crippen molar-refractivity contribution in [1.29, 1.82) is 0 Å². The van der Waals surface area contributed by atoms with E-state index in [1.807, 2.05) is 24.3 Å². The first-order chi connectivity index (χ1) is 13.5. The number of dihydropyridines is 1. The quantitative estimate of drug-likeness (QED) is 0.738. The number of aromatic nitrogens is 1. The van der Waals surface area contributed by atoms with Gasteiger partial charge in [0.2, 0.25) is 11.8 Å². The summed E-state index contributed by atoms with van der Waals surface area (Å²) >= 11 is 1.23. The van der Waals surface area contributed by atoms with Crippen molar-refractivity contribution in [2.24, 2.45) is 10.9 Å². The zero-order chi connectivity index (χ0) is 19.9. The van der Waals surface area contributed by atoms with Crippen LogP contribution in [0, 0.1) is 5.92 Å². The summed E-state index contributed by atoms with van der Waals surface area (Å²) in [6, 6.07) is 7.43. The maximum absolute atomic E-state index is 12.1. The molecule has 2 aromatic rings. The van der Waals surface area contributed by atoms with Crippen LogP contribution >= 0.6 is 11.3 Å². The number of rotatable bonds is 7. The van der Waals surface area contributed by atoms with Gasteiger partial charge in [-0.25, -0.2) is 9.98 Å². The van der Waals surface area contributed by atoms with E-state index < -0.39 is 5.92 Å². The number of nitrogens with one attached hydrogen (secondary N) is 2. The number of ether oxygens (including phenoxy) is 1. The van der Waals surface area contributed by atoms with Crippen LogP contribution in [0.3, 0.4) is 0 Å². The Bertz CT molecular complexity index is 918. The molecule has 1 atom stereocenters. The van der Waals surface area contributed by atoms with E-state index >= 15 is 0 Å². The summed E-state index contributed by atoms with van der Waals surface area (Å²) in [5.41, 5.74) is 1.52. The highest BCUT2D eigenvalue weighted by Crippen LogP contribution is 2.17. The Hall–Kier alpha value is -3.33. The van der Waals surface area contributed by atoms with Gasteiger partial charge in [0.15, 0.2) is 5.13 Å². The van der Waals surface area contributed by atoms with Crippen LogP contribution in [-0.4, -0.2) is 36.0 Å². The molecule has 0 fully saturated rings. The number of thiazole rings is 1. The Labute approximate surface area is 165 Å². The molecule has 0 saturated heterocycles. The summed E-state index contributed by atoms with van der Waals surface area (Å²) < 4.78 is 5.10. The molecule has 0 bridgehead atoms. The molecule has 3 amide bonds. The molecule has 0 radical (unpaired) electrons. The summed E-state index contributed by atoms with van der Waals surface area (Å²) in [6.07, 6.45) is 4.14. The molecular formula is C19H18N4O4S. The Balaban J connectivity index is 1.47. The van der Waals surface area contributed by atoms with Crippen molar-refractivity contribution in [2.75, 3.05) is 12.4 Å². The monoisotopic (exact) mass is 398 g/mol. The molecule has 1 unspecified atom stereocenters. The number of anilines is 1. The average molecular weight is 398 g/mol. The molecule has 0 spiro atoms. The predicted octanol–water partition coefficient (Wildman–Crippen LogP) is 1.73. The first kappa shape index (κ1) is 19.4. The van der Waals surface area contributed by atoms with Crippen molar-refractivity contribution in [1.82, 2.24) is 10.3 Å². The summed E-state index contributed by atoms with van der Waals surface area (Å²) in [6.45, 7) is 0.405. The molecule has 2 N–H and O–H groups in total. The molecule has 144 valence electrons. The minimum absolute atomic E-state index is 0.113. The van der Waals surface area contributed by atoms with Gasteiger partial charge in [0, 0.05) is 24.2 Å². The lowest BCUT2D eigenvalue weighted by atomic mass is 10.1. The van der Waals surface area contributed by atoms with Crippen LogP contribution in [0.1, 0.15) is 11.3 Å². The second-order valence-corrected chi connectivity index (χ2v) is 6.79. The summed E-state index contributed by atoms with van der Waals surface area (Å²) in [5.74, 6) is -0.745. The number of amides is 3. The van der Waals surface area contributed by atoms with E-state index in [2.05, 4.69) is 20.6 Å². The third kappa shape index (κ3) is 5.34. The molecule has 2 heterocycles. The average Bonchev–Trinajstić information content (AvgIpc) is 3.13. The van der Waals surface area contributed by atoms with Gasteiger partial charge in [-0.2, -0.15) is 0 Å². The van der Waals surface area contributed by atoms with Gasteiger partial charge in [-0.15, -0.1) is 11.3 Å². The lowest BCUT2D eigenvalue weighted by Gasteiger charge is -2.08. The van der Waals surface area contributed by atoms with Crippen LogP contribution in [0.2, 0.25) is 0 Å². The molecule has 28 heavy (non-hydrogen) atoms. The Morgan fingerprint density at radius 3 is 2.71 bits per heavy atom. The standard InChI is InChI=1S/C19H18N4O4S/c1-27-15-5-2-12(3-6-15)9-20-17(25)8-14-11-28-19(22-14)23-18(26)13-4-7-16(24)21-10-13/h2-7,10-11,13H,8-9H2,1H3,(H,20,25)(H,22,23,26). The van der Waals surface area contributed by atoms with Gasteiger partial charge in [-0.3, -0.25) is 14.4 Å². The molecule has 0 aliphatic carbocycles. The molecule has 0 saturated carbocycles. The van der Waals surface area contributed by atoms with Gasteiger partial charge in [0.25, 0.3) is 5.91 Å². The third-order valence-corrected chi connectivity index (χ3v) is 4.69. The molecule has 3 rings (SSSR count). The molecule has 1 aromatic carbocycles. The van der Waals surface area contributed by atoms with Crippen LogP contribution in [0.4, 0.5) is 5.13 Å². The highest BCUT2D eigenvalue weighted by atomic mass is 32.1. The topological polar surface area (TPSA) is 110 Å². The second-order valence-electron chi connectivity index (χ2n) is 5.94. The van der Waals surface area contributed by atoms with E-state index in [4.69, 9.17) is 4.74 Å². The maximum Gasteiger partial charge on any atom is 0.269 e. The largest absolute Gasteiger partial charge is 0.497 e. The number of carbonyl (C=O) groups is 3. The minimum atomic E-state index is -0.613. The molecule has 1 aliphatic rings. The van der Waals surface area contributed by atoms with Crippen LogP contribution in [0.5, 0.6) is 5.75 Å². The SMILES string of the molecule is COc1ccc(CNC(=O)Cc2csc(NC(=O)C3C=CC(=O)N=C3)n2)cc1. The van der Waals surface area contributed by atoms with E-state index in [-0.39, 0.29) is 24.1 Å². The number of nitrogens with zero attached hydrogens (tertiary/aromatic N) is 2. The predicted molar refractivity (Wildman–Crippen MR) is 105 cm³/mol. The van der Waals surface area contributed by atoms with Crippen molar-refractivity contribution in [3.8, 4) is 5.75 Å². The highest BCUT2D eigenvalue weighted by molar-refractivity contribution is 7.13. The molecular weight excluding hydrogens is 380 g/mol. The van der Waals surface area contributed by atoms with Crippen LogP contribution in [0.15, 0.2) is 46.8 Å². The fourth-order valence-corrected chi connectivity index (χ4v) is 3.11. The van der Waals surface area contributed by atoms with E-state index in [1.54, 1.807) is 12.5 Å². The van der Waals surface area contributed by atoms with Gasteiger partial charge in [-0.1, -0.05) is 18.2 Å². The van der Waals surface area contributed by atoms with Gasteiger partial charge in [0.05, 0.1) is 25.1 Å². The fourth-order valence-electron chi connectivity index (χ4n) is 2.39. The van der Waals surface area contributed by atoms with Gasteiger partial charge < -0.3 is 15.4 Å². The van der Waals surface area contributed by atoms with Gasteiger partial charge in [0.1, 0.15) is 5.75 Å². The summed E-state index contributed by atoms with van der Waals surface area (Å²) in [7, 11) is 1.60. The second kappa shape index (κ2) is 9.05. The van der Waals surface area contributed by atoms with Crippen molar-refractivity contribution in [2.45, 2.75) is 13.0 Å². The van der Waals surface area contributed by atoms with Crippen molar-refractivity contribution >= 4 is 40.4 Å². The maximum atomic E-state index is 12.1. The molecule has 8 nitrogen and oxygen atoms in total. The minimum Gasteiger partial charge on any atom is -0.497 e. The lowest BCUT2D eigenvalue weighted by molar-refractivity contribution is -0.120. The van der Waals surface area contributed by atoms with Crippen molar-refractivity contribution in [3.63, 3.8) is 0 Å². The van der Waals surface area contributed by atoms with Crippen molar-refractivity contribution in [3.05, 3.63) is 53.1 Å². The summed E-state index contributed by atoms with van der Waals surface area (Å²) in [4.78, 5) is 43.1. The Morgan fingerprint density at radius 2 is 2.04 bits per heavy atom. The van der Waals surface area contributed by atoms with E-state index in [1.165, 1.54) is 29.7 Å². The Kier molecular flexibility index (Phi) is 6.28. The smallest absolute Gasteiger partial charge is 0.269 e. The zero-order valence-corrected chi connectivity index (χ0v) is 15.9. The van der Waals surface area contributed by atoms with Gasteiger partial charge >= 0.3 is 0 Å². The Morgan fingerprint density at radius 1 is 1.25 bits per heavy atom. The van der Waals surface area contributed by atoms with E-state index in [9.17, 15) is 14.4 Å². The van der Waals surface area contributed by atoms with Gasteiger partial charge in [-0.05, 0) is 17.7 Å². The first-order valence-electron chi connectivity index (χ1n) is 8.45. The first-order valence-corrected chi connectivity index (χ1v) is 9.32. The normalized spacial score (nSPS) is 15.3. The number of aliphatic imine (C=N–C) groups is 1. The highest BCUT2D eigenvalue weighted by Gasteiger charge is 2.18. The number of hydrogen-bond donors (Lipinski definition) is 2. The number of carbonyl (C=O) groups excluding carboxylic acids is 3.